The maximum Gasteiger partial charge on any atom is 0.325 e. The highest BCUT2D eigenvalue weighted by molar-refractivity contribution is 5.96. The average Bonchev–Trinajstić information content (AvgIpc) is 2.48. The number of cyclic esters (lactones) is 1. The van der Waals surface area contributed by atoms with E-state index in [9.17, 15) is 9.59 Å². The second kappa shape index (κ2) is 12.3. The number of hydrogen-bond acceptors (Lipinski definition) is 4. The van der Waals surface area contributed by atoms with E-state index < -0.39 is 31.4 Å². The van der Waals surface area contributed by atoms with Gasteiger partial charge in [0.2, 0.25) is 5.91 Å². The van der Waals surface area contributed by atoms with E-state index in [-0.39, 0.29) is 25.4 Å². The van der Waals surface area contributed by atoms with Crippen LogP contribution < -0.4 is 5.32 Å². The largest absolute Gasteiger partial charge is 0.464 e. The summed E-state index contributed by atoms with van der Waals surface area (Å²) < 4.78 is 27.3. The minimum Gasteiger partial charge on any atom is -0.464 e. The Morgan fingerprint density at radius 3 is 2.32 bits per heavy atom. The highest BCUT2D eigenvalue weighted by Crippen LogP contribution is 2.10. The summed E-state index contributed by atoms with van der Waals surface area (Å²) >= 11 is 0. The summed E-state index contributed by atoms with van der Waals surface area (Å²) in [6, 6.07) is 0. The van der Waals surface area contributed by atoms with Crippen LogP contribution in [0.2, 0.25) is 0 Å². The summed E-state index contributed by atoms with van der Waals surface area (Å²) in [7, 11) is 0. The molecular weight excluding hydrogens is 306 g/mol. The molecule has 7 heteroatoms. The zero-order chi connectivity index (χ0) is 18.0. The van der Waals surface area contributed by atoms with Gasteiger partial charge in [0.05, 0.1) is 6.61 Å². The van der Waals surface area contributed by atoms with Crippen LogP contribution in [-0.2, 0) is 14.3 Å². The summed E-state index contributed by atoms with van der Waals surface area (Å²) in [5.74, 6) is -1.72. The van der Waals surface area contributed by atoms with E-state index in [1.54, 1.807) is 0 Å². The molecule has 0 saturated carbocycles. The number of amides is 1. The highest BCUT2D eigenvalue weighted by atomic mass is 35.5. The smallest absolute Gasteiger partial charge is 0.325 e. The van der Waals surface area contributed by atoms with E-state index in [1.807, 2.05) is 0 Å². The van der Waals surface area contributed by atoms with Crippen molar-refractivity contribution in [2.45, 2.75) is 57.8 Å². The molecule has 0 aliphatic carbocycles. The van der Waals surface area contributed by atoms with Gasteiger partial charge in [-0.1, -0.05) is 38.5 Å². The Kier molecular flexibility index (Phi) is 8.69. The van der Waals surface area contributed by atoms with Gasteiger partial charge in [0.25, 0.3) is 0 Å². The normalized spacial score (nSPS) is 23.0. The van der Waals surface area contributed by atoms with Crippen LogP contribution in [0.5, 0.6) is 0 Å². The Bertz CT molecular complexity index is 447. The molecule has 0 bridgehead atoms. The summed E-state index contributed by atoms with van der Waals surface area (Å²) in [6.07, 6.45) is 7.95. The minimum absolute atomic E-state index is 0. The number of ether oxygens (including phenoxy) is 1. The number of esters is 1. The van der Waals surface area contributed by atoms with Crippen LogP contribution >= 0.6 is 12.4 Å². The van der Waals surface area contributed by atoms with Gasteiger partial charge in [-0.25, -0.2) is 0 Å². The first kappa shape index (κ1) is 15.6. The number of halogens is 1. The lowest BCUT2D eigenvalue weighted by molar-refractivity contribution is -0.144. The number of nitrogens with zero attached hydrogens (tertiary/aromatic N) is 1. The fourth-order valence-electron chi connectivity index (χ4n) is 2.15. The van der Waals surface area contributed by atoms with Gasteiger partial charge in [-0.05, 0) is 12.8 Å². The lowest BCUT2D eigenvalue weighted by atomic mass is 10.1. The molecule has 0 aromatic carbocycles. The standard InChI is InChI=1S/C15H27N3O3.ClH/c1-18-12-14(20)21-11-9-7-5-3-2-4-6-8-10-13(19)17-15(18)16;/h2-12H2,1H3,(H2,16,17,19);1H/i1D3;. The summed E-state index contributed by atoms with van der Waals surface area (Å²) in [6.45, 7) is -3.05. The molecule has 2 N–H and O–H groups in total. The lowest BCUT2D eigenvalue weighted by Gasteiger charge is -2.19. The van der Waals surface area contributed by atoms with Gasteiger partial charge in [-0.2, -0.15) is 0 Å². The van der Waals surface area contributed by atoms with Gasteiger partial charge in [0, 0.05) is 17.5 Å². The van der Waals surface area contributed by atoms with Crippen molar-refractivity contribution in [3.05, 3.63) is 0 Å². The van der Waals surface area contributed by atoms with Crippen LogP contribution in [0.3, 0.4) is 0 Å². The zero-order valence-electron chi connectivity index (χ0n) is 15.9. The van der Waals surface area contributed by atoms with Crippen LogP contribution in [-0.4, -0.2) is 42.9 Å². The van der Waals surface area contributed by atoms with Crippen LogP contribution in [0.4, 0.5) is 0 Å². The SMILES string of the molecule is Cl.[2H]C([2H])([2H])N1CC(=O)OCCCCCCCCCCC(=O)NC1=N. The Hall–Kier alpha value is -1.30. The number of carbonyl (C=O) groups excluding carboxylic acids is 2. The average molecular weight is 337 g/mol. The molecule has 0 radical (unpaired) electrons. The highest BCUT2D eigenvalue weighted by Gasteiger charge is 2.13. The maximum atomic E-state index is 11.8. The minimum atomic E-state index is -2.70. The predicted molar refractivity (Wildman–Crippen MR) is 88.3 cm³/mol. The number of nitrogens with one attached hydrogen (secondary N) is 2. The second-order valence-corrected chi connectivity index (χ2v) is 5.28. The van der Waals surface area contributed by atoms with Gasteiger partial charge in [0.1, 0.15) is 6.54 Å². The molecule has 0 spiro atoms. The first-order chi connectivity index (χ1) is 11.3. The van der Waals surface area contributed by atoms with Gasteiger partial charge in [-0.3, -0.25) is 20.3 Å². The molecule has 1 aliphatic rings. The topological polar surface area (TPSA) is 82.5 Å². The molecule has 1 amide bonds. The van der Waals surface area contributed by atoms with Crippen molar-refractivity contribution in [1.82, 2.24) is 10.2 Å². The fourth-order valence-corrected chi connectivity index (χ4v) is 2.15. The zero-order valence-corrected chi connectivity index (χ0v) is 13.7. The third-order valence-electron chi connectivity index (χ3n) is 3.38. The van der Waals surface area contributed by atoms with Crippen molar-refractivity contribution in [2.24, 2.45) is 0 Å². The van der Waals surface area contributed by atoms with E-state index in [2.05, 4.69) is 5.32 Å². The monoisotopic (exact) mass is 336 g/mol. The van der Waals surface area contributed by atoms with E-state index in [1.165, 1.54) is 0 Å². The number of carbonyl (C=O) groups is 2. The van der Waals surface area contributed by atoms with Crippen molar-refractivity contribution < 1.29 is 18.4 Å². The van der Waals surface area contributed by atoms with Crippen molar-refractivity contribution >= 4 is 30.2 Å². The first-order valence-electron chi connectivity index (χ1n) is 9.12. The molecule has 0 aromatic rings. The van der Waals surface area contributed by atoms with Crippen molar-refractivity contribution in [3.63, 3.8) is 0 Å². The Balaban J connectivity index is 0.00000576. The van der Waals surface area contributed by atoms with Crippen LogP contribution in [0.15, 0.2) is 0 Å². The molecule has 0 atom stereocenters. The van der Waals surface area contributed by atoms with Crippen LogP contribution in [0.1, 0.15) is 61.9 Å². The van der Waals surface area contributed by atoms with E-state index in [0.717, 1.165) is 44.9 Å². The number of hydrogen-bond donors (Lipinski definition) is 2. The van der Waals surface area contributed by atoms with Crippen molar-refractivity contribution in [2.75, 3.05) is 20.1 Å². The molecule has 0 unspecified atom stereocenters. The van der Waals surface area contributed by atoms with Gasteiger partial charge < -0.3 is 9.64 Å². The van der Waals surface area contributed by atoms with Crippen molar-refractivity contribution in [1.29, 1.82) is 5.41 Å². The van der Waals surface area contributed by atoms with Gasteiger partial charge in [0.15, 0.2) is 5.96 Å². The third-order valence-corrected chi connectivity index (χ3v) is 3.38. The molecule has 1 aliphatic heterocycles. The van der Waals surface area contributed by atoms with E-state index >= 15 is 0 Å². The molecule has 6 nitrogen and oxygen atoms in total. The number of likely N-dealkylation sites (N-methyl/N-ethyl adjacent to an activating group) is 1. The Labute approximate surface area is 143 Å². The molecule has 128 valence electrons. The van der Waals surface area contributed by atoms with E-state index in [4.69, 9.17) is 14.3 Å². The van der Waals surface area contributed by atoms with Crippen LogP contribution in [0.25, 0.3) is 0 Å². The summed E-state index contributed by atoms with van der Waals surface area (Å²) in [5.41, 5.74) is 0. The van der Waals surface area contributed by atoms with E-state index in [0.29, 0.717) is 11.3 Å². The molecule has 1 saturated heterocycles. The fraction of sp³-hybridized carbons (Fsp3) is 0.800. The van der Waals surface area contributed by atoms with Gasteiger partial charge >= 0.3 is 5.97 Å². The first-order valence-corrected chi connectivity index (χ1v) is 7.62. The summed E-state index contributed by atoms with van der Waals surface area (Å²) in [5, 5.41) is 10.0. The quantitative estimate of drug-likeness (QED) is 0.666. The molecule has 1 fully saturated rings. The van der Waals surface area contributed by atoms with Crippen LogP contribution in [0, 0.1) is 5.41 Å². The maximum absolute atomic E-state index is 11.8. The molecule has 22 heavy (non-hydrogen) atoms. The predicted octanol–water partition coefficient (Wildman–Crippen LogP) is 2.46. The lowest BCUT2D eigenvalue weighted by Crippen LogP contribution is -2.43. The van der Waals surface area contributed by atoms with Gasteiger partial charge in [-0.15, -0.1) is 12.4 Å². The second-order valence-electron chi connectivity index (χ2n) is 5.28. The third kappa shape index (κ3) is 9.60. The number of rotatable bonds is 0. The van der Waals surface area contributed by atoms with Crippen molar-refractivity contribution in [3.8, 4) is 0 Å². The molecular formula is C15H28ClN3O3. The number of guanidine groups is 1. The molecule has 0 aromatic heterocycles. The molecule has 1 rings (SSSR count). The Morgan fingerprint density at radius 1 is 1.09 bits per heavy atom. The Morgan fingerprint density at radius 2 is 1.68 bits per heavy atom. The molecule has 1 heterocycles. The summed E-state index contributed by atoms with van der Waals surface area (Å²) in [4.78, 5) is 24.2.